The summed E-state index contributed by atoms with van der Waals surface area (Å²) < 4.78 is 32.3. The summed E-state index contributed by atoms with van der Waals surface area (Å²) in [6, 6.07) is 1.48. The SMILES string of the molecule is COc1ncc(Br)cc1S(=O)(=O)NCCC(C)C. The summed E-state index contributed by atoms with van der Waals surface area (Å²) in [5, 5.41) is 0. The maximum atomic E-state index is 12.1. The Kier molecular flexibility index (Phi) is 5.55. The van der Waals surface area contributed by atoms with E-state index in [2.05, 4.69) is 25.6 Å². The van der Waals surface area contributed by atoms with Crippen LogP contribution in [0.3, 0.4) is 0 Å². The van der Waals surface area contributed by atoms with Crippen LogP contribution in [0.5, 0.6) is 5.88 Å². The molecule has 102 valence electrons. The maximum absolute atomic E-state index is 12.1. The van der Waals surface area contributed by atoms with Crippen LogP contribution in [0.15, 0.2) is 21.6 Å². The Morgan fingerprint density at radius 3 is 2.72 bits per heavy atom. The van der Waals surface area contributed by atoms with Gasteiger partial charge in [0.25, 0.3) is 0 Å². The van der Waals surface area contributed by atoms with Gasteiger partial charge in [-0.1, -0.05) is 13.8 Å². The lowest BCUT2D eigenvalue weighted by Gasteiger charge is -2.11. The molecule has 1 N–H and O–H groups in total. The third kappa shape index (κ3) is 4.22. The Morgan fingerprint density at radius 1 is 1.50 bits per heavy atom. The highest BCUT2D eigenvalue weighted by molar-refractivity contribution is 9.10. The van der Waals surface area contributed by atoms with Gasteiger partial charge in [-0.05, 0) is 34.3 Å². The third-order valence-electron chi connectivity index (χ3n) is 2.28. The molecule has 1 aromatic rings. The lowest BCUT2D eigenvalue weighted by atomic mass is 10.1. The van der Waals surface area contributed by atoms with E-state index >= 15 is 0 Å². The smallest absolute Gasteiger partial charge is 0.245 e. The predicted octanol–water partition coefficient (Wildman–Crippen LogP) is 2.18. The molecular formula is C11H17BrN2O3S. The van der Waals surface area contributed by atoms with Crippen molar-refractivity contribution in [2.75, 3.05) is 13.7 Å². The minimum atomic E-state index is -3.59. The average molecular weight is 337 g/mol. The van der Waals surface area contributed by atoms with Crippen LogP contribution in [0.2, 0.25) is 0 Å². The molecule has 1 rings (SSSR count). The normalized spacial score (nSPS) is 11.8. The molecule has 7 heteroatoms. The van der Waals surface area contributed by atoms with Gasteiger partial charge >= 0.3 is 0 Å². The molecular weight excluding hydrogens is 320 g/mol. The first-order valence-electron chi connectivity index (χ1n) is 5.56. The fraction of sp³-hybridized carbons (Fsp3) is 0.545. The molecule has 5 nitrogen and oxygen atoms in total. The Hall–Kier alpha value is -0.660. The second kappa shape index (κ2) is 6.49. The Morgan fingerprint density at radius 2 is 2.17 bits per heavy atom. The number of pyridine rings is 1. The summed E-state index contributed by atoms with van der Waals surface area (Å²) in [4.78, 5) is 3.96. The van der Waals surface area contributed by atoms with Gasteiger partial charge in [0.2, 0.25) is 15.9 Å². The first kappa shape index (κ1) is 15.4. The van der Waals surface area contributed by atoms with E-state index in [1.807, 2.05) is 13.8 Å². The Labute approximate surface area is 116 Å². The number of aromatic nitrogens is 1. The number of nitrogens with zero attached hydrogens (tertiary/aromatic N) is 1. The maximum Gasteiger partial charge on any atom is 0.245 e. The van der Waals surface area contributed by atoms with Crippen molar-refractivity contribution >= 4 is 26.0 Å². The van der Waals surface area contributed by atoms with Gasteiger partial charge in [-0.3, -0.25) is 0 Å². The monoisotopic (exact) mass is 336 g/mol. The van der Waals surface area contributed by atoms with Crippen molar-refractivity contribution in [3.05, 3.63) is 16.7 Å². The van der Waals surface area contributed by atoms with Crippen LogP contribution in [0, 0.1) is 5.92 Å². The molecule has 18 heavy (non-hydrogen) atoms. The van der Waals surface area contributed by atoms with Crippen LogP contribution >= 0.6 is 15.9 Å². The van der Waals surface area contributed by atoms with Gasteiger partial charge in [0, 0.05) is 17.2 Å². The second-order valence-electron chi connectivity index (χ2n) is 4.24. The summed E-state index contributed by atoms with van der Waals surface area (Å²) in [7, 11) is -2.20. The zero-order chi connectivity index (χ0) is 13.8. The predicted molar refractivity (Wildman–Crippen MR) is 73.1 cm³/mol. The van der Waals surface area contributed by atoms with Crippen molar-refractivity contribution in [1.29, 1.82) is 0 Å². The van der Waals surface area contributed by atoms with Gasteiger partial charge in [-0.25, -0.2) is 18.1 Å². The number of hydrogen-bond donors (Lipinski definition) is 1. The van der Waals surface area contributed by atoms with Gasteiger partial charge in [-0.2, -0.15) is 0 Å². The van der Waals surface area contributed by atoms with Gasteiger partial charge < -0.3 is 4.74 Å². The van der Waals surface area contributed by atoms with Crippen LogP contribution in [0.1, 0.15) is 20.3 Å². The fourth-order valence-corrected chi connectivity index (χ4v) is 2.99. The van der Waals surface area contributed by atoms with Crippen LogP contribution in [-0.4, -0.2) is 27.1 Å². The fourth-order valence-electron chi connectivity index (χ4n) is 1.31. The van der Waals surface area contributed by atoms with Crippen molar-refractivity contribution in [1.82, 2.24) is 9.71 Å². The van der Waals surface area contributed by atoms with Crippen LogP contribution in [-0.2, 0) is 10.0 Å². The molecule has 0 saturated heterocycles. The number of methoxy groups -OCH3 is 1. The summed E-state index contributed by atoms with van der Waals surface area (Å²) >= 11 is 3.20. The van der Waals surface area contributed by atoms with Crippen molar-refractivity contribution in [3.63, 3.8) is 0 Å². The van der Waals surface area contributed by atoms with E-state index in [1.165, 1.54) is 19.4 Å². The molecule has 0 saturated carbocycles. The highest BCUT2D eigenvalue weighted by Crippen LogP contribution is 2.24. The first-order valence-corrected chi connectivity index (χ1v) is 7.83. The van der Waals surface area contributed by atoms with E-state index in [1.54, 1.807) is 0 Å². The zero-order valence-electron chi connectivity index (χ0n) is 10.6. The molecule has 0 aliphatic carbocycles. The molecule has 1 heterocycles. The number of hydrogen-bond acceptors (Lipinski definition) is 4. The molecule has 0 aromatic carbocycles. The summed E-state index contributed by atoms with van der Waals surface area (Å²) in [6.07, 6.45) is 2.27. The largest absolute Gasteiger partial charge is 0.480 e. The highest BCUT2D eigenvalue weighted by atomic mass is 79.9. The molecule has 0 fully saturated rings. The van der Waals surface area contributed by atoms with E-state index < -0.39 is 10.0 Å². The number of halogens is 1. The quantitative estimate of drug-likeness (QED) is 0.864. The number of nitrogens with one attached hydrogen (secondary N) is 1. The molecule has 1 aromatic heterocycles. The van der Waals surface area contributed by atoms with Crippen LogP contribution < -0.4 is 9.46 Å². The minimum Gasteiger partial charge on any atom is -0.480 e. The van der Waals surface area contributed by atoms with Crippen molar-refractivity contribution in [3.8, 4) is 5.88 Å². The molecule has 0 aliphatic heterocycles. The molecule has 0 amide bonds. The van der Waals surface area contributed by atoms with E-state index in [4.69, 9.17) is 4.74 Å². The Balaban J connectivity index is 2.93. The summed E-state index contributed by atoms with van der Waals surface area (Å²) in [6.45, 7) is 4.47. The standard InChI is InChI=1S/C11H17BrN2O3S/c1-8(2)4-5-14-18(15,16)10-6-9(12)7-13-11(10)17-3/h6-8,14H,4-5H2,1-3H3. The number of rotatable bonds is 6. The number of sulfonamides is 1. The second-order valence-corrected chi connectivity index (χ2v) is 6.89. The van der Waals surface area contributed by atoms with Gasteiger partial charge in [0.15, 0.2) is 0 Å². The number of ether oxygens (including phenoxy) is 1. The van der Waals surface area contributed by atoms with Crippen molar-refractivity contribution in [2.24, 2.45) is 5.92 Å². The minimum absolute atomic E-state index is 0.0446. The lowest BCUT2D eigenvalue weighted by Crippen LogP contribution is -2.26. The van der Waals surface area contributed by atoms with Gasteiger partial charge in [0.1, 0.15) is 4.90 Å². The summed E-state index contributed by atoms with van der Waals surface area (Å²) in [5.74, 6) is 0.533. The van der Waals surface area contributed by atoms with Gasteiger partial charge in [-0.15, -0.1) is 0 Å². The highest BCUT2D eigenvalue weighted by Gasteiger charge is 2.20. The van der Waals surface area contributed by atoms with E-state index in [0.29, 0.717) is 16.9 Å². The topological polar surface area (TPSA) is 68.3 Å². The van der Waals surface area contributed by atoms with Crippen molar-refractivity contribution < 1.29 is 13.2 Å². The average Bonchev–Trinajstić information content (AvgIpc) is 2.28. The molecule has 0 unspecified atom stereocenters. The van der Waals surface area contributed by atoms with Crippen LogP contribution in [0.4, 0.5) is 0 Å². The lowest BCUT2D eigenvalue weighted by molar-refractivity contribution is 0.384. The van der Waals surface area contributed by atoms with Crippen molar-refractivity contribution in [2.45, 2.75) is 25.2 Å². The third-order valence-corrected chi connectivity index (χ3v) is 4.17. The van der Waals surface area contributed by atoms with Gasteiger partial charge in [0.05, 0.1) is 7.11 Å². The summed E-state index contributed by atoms with van der Waals surface area (Å²) in [5.41, 5.74) is 0. The van der Waals surface area contributed by atoms with E-state index in [9.17, 15) is 8.42 Å². The first-order chi connectivity index (χ1) is 8.36. The molecule has 0 spiro atoms. The molecule has 0 atom stereocenters. The Bertz CT molecular complexity index is 503. The molecule has 0 bridgehead atoms. The zero-order valence-corrected chi connectivity index (χ0v) is 13.0. The van der Waals surface area contributed by atoms with Crippen LogP contribution in [0.25, 0.3) is 0 Å². The van der Waals surface area contributed by atoms with E-state index in [-0.39, 0.29) is 10.8 Å². The van der Waals surface area contributed by atoms with E-state index in [0.717, 1.165) is 6.42 Å². The molecule has 0 aliphatic rings. The molecule has 0 radical (unpaired) electrons.